The first kappa shape index (κ1) is 5.95. The lowest BCUT2D eigenvalue weighted by molar-refractivity contribution is 1.17. The average Bonchev–Trinajstić information content (AvgIpc) is 2.19. The third-order valence-electron chi connectivity index (χ3n) is 0.711. The van der Waals surface area contributed by atoms with Crippen molar-refractivity contribution in [3.05, 3.63) is 0 Å². The Bertz CT molecular complexity index is 157. The third-order valence-corrected chi connectivity index (χ3v) is 1.67. The number of amidine groups is 1. The molecule has 1 heterocycles. The molecule has 0 saturated carbocycles. The van der Waals surface area contributed by atoms with Gasteiger partial charge in [0.2, 0.25) is 0 Å². The van der Waals surface area contributed by atoms with Crippen LogP contribution in [0.15, 0.2) is 9.98 Å². The second-order valence-corrected chi connectivity index (χ2v) is 2.46. The highest BCUT2D eigenvalue weighted by atomic mass is 32.2. The minimum atomic E-state index is 0.778. The van der Waals surface area contributed by atoms with E-state index in [1.165, 1.54) is 0 Å². The Labute approximate surface area is 57.1 Å². The molecule has 2 nitrogen and oxygen atoms in total. The van der Waals surface area contributed by atoms with Crippen molar-refractivity contribution in [3.63, 3.8) is 0 Å². The first-order valence-electron chi connectivity index (χ1n) is 2.18. The van der Waals surface area contributed by atoms with Gasteiger partial charge in [-0.3, -0.25) is 4.99 Å². The number of thioether (sulfide) groups is 1. The fourth-order valence-electron chi connectivity index (χ4n) is 0.431. The van der Waals surface area contributed by atoms with E-state index in [2.05, 4.69) is 27.4 Å². The van der Waals surface area contributed by atoms with Crippen LogP contribution in [0.25, 0.3) is 0 Å². The predicted octanol–water partition coefficient (Wildman–Crippen LogP) is 1.19. The minimum Gasteiger partial charge on any atom is -0.259 e. The molecule has 0 N–H and O–H groups in total. The number of isothiocyanates is 1. The third kappa shape index (κ3) is 1.40. The summed E-state index contributed by atoms with van der Waals surface area (Å²) in [5.74, 6) is 1.04. The lowest BCUT2D eigenvalue weighted by atomic mass is 10.8. The van der Waals surface area contributed by atoms with Crippen molar-refractivity contribution in [2.75, 3.05) is 12.3 Å². The number of hydrogen-bond donors (Lipinski definition) is 0. The molecule has 4 heteroatoms. The number of thiocarbonyl (C=S) groups is 1. The van der Waals surface area contributed by atoms with Crippen molar-refractivity contribution in [1.29, 1.82) is 0 Å². The van der Waals surface area contributed by atoms with Crippen LogP contribution in [0.2, 0.25) is 0 Å². The topological polar surface area (TPSA) is 24.7 Å². The van der Waals surface area contributed by atoms with Crippen molar-refractivity contribution in [1.82, 2.24) is 0 Å². The Balaban J connectivity index is 2.57. The number of aliphatic imine (C=N–C) groups is 2. The van der Waals surface area contributed by atoms with E-state index < -0.39 is 0 Å². The molecule has 42 valence electrons. The van der Waals surface area contributed by atoms with Crippen molar-refractivity contribution >= 4 is 34.3 Å². The van der Waals surface area contributed by atoms with Crippen LogP contribution in [0.5, 0.6) is 0 Å². The molecule has 1 aliphatic heterocycles. The van der Waals surface area contributed by atoms with Gasteiger partial charge in [0.1, 0.15) is 0 Å². The molecule has 1 aliphatic rings. The van der Waals surface area contributed by atoms with Crippen molar-refractivity contribution in [2.24, 2.45) is 9.98 Å². The van der Waals surface area contributed by atoms with Crippen LogP contribution >= 0.6 is 24.0 Å². The average molecular weight is 144 g/mol. The highest BCUT2D eigenvalue weighted by Crippen LogP contribution is 2.10. The molecule has 0 bridgehead atoms. The van der Waals surface area contributed by atoms with Crippen LogP contribution in [-0.4, -0.2) is 22.6 Å². The Morgan fingerprint density at radius 1 is 1.88 bits per heavy atom. The molecular formula is C4H4N2S2. The van der Waals surface area contributed by atoms with Gasteiger partial charge in [0, 0.05) is 5.75 Å². The standard InChI is InChI=1S/C4H4N2S2/c7-3-6-4-5-1-2-8-4/h1-2H2. The molecule has 0 aliphatic carbocycles. The van der Waals surface area contributed by atoms with Crippen molar-refractivity contribution in [3.8, 4) is 0 Å². The maximum Gasteiger partial charge on any atom is 0.192 e. The summed E-state index contributed by atoms with van der Waals surface area (Å²) < 4.78 is 0. The molecule has 8 heavy (non-hydrogen) atoms. The molecule has 0 unspecified atom stereocenters. The molecule has 0 aromatic carbocycles. The zero-order valence-electron chi connectivity index (χ0n) is 4.13. The van der Waals surface area contributed by atoms with Gasteiger partial charge in [-0.05, 0) is 12.2 Å². The number of rotatable bonds is 0. The molecule has 1 rings (SSSR count). The normalized spacial score (nSPS) is 17.2. The van der Waals surface area contributed by atoms with Crippen LogP contribution in [0.3, 0.4) is 0 Å². The molecule has 0 aromatic heterocycles. The Morgan fingerprint density at radius 3 is 3.25 bits per heavy atom. The maximum absolute atomic E-state index is 4.38. The first-order valence-corrected chi connectivity index (χ1v) is 3.58. The summed E-state index contributed by atoms with van der Waals surface area (Å²) in [6.45, 7) is 0.876. The van der Waals surface area contributed by atoms with Gasteiger partial charge in [0.15, 0.2) is 5.17 Å². The van der Waals surface area contributed by atoms with Gasteiger partial charge in [-0.1, -0.05) is 11.8 Å². The van der Waals surface area contributed by atoms with Gasteiger partial charge in [0.25, 0.3) is 0 Å². The molecule has 0 fully saturated rings. The van der Waals surface area contributed by atoms with Crippen LogP contribution < -0.4 is 0 Å². The van der Waals surface area contributed by atoms with E-state index in [-0.39, 0.29) is 0 Å². The summed E-state index contributed by atoms with van der Waals surface area (Å²) in [7, 11) is 0. The largest absolute Gasteiger partial charge is 0.259 e. The highest BCUT2D eigenvalue weighted by molar-refractivity contribution is 8.14. The molecule has 0 atom stereocenters. The molecular weight excluding hydrogens is 140 g/mol. The zero-order valence-corrected chi connectivity index (χ0v) is 5.76. The summed E-state index contributed by atoms with van der Waals surface area (Å²) in [4.78, 5) is 7.71. The van der Waals surface area contributed by atoms with Crippen LogP contribution in [-0.2, 0) is 0 Å². The Kier molecular flexibility index (Phi) is 2.21. The van der Waals surface area contributed by atoms with Gasteiger partial charge in [-0.15, -0.1) is 0 Å². The molecule has 0 saturated heterocycles. The van der Waals surface area contributed by atoms with Gasteiger partial charge in [-0.2, -0.15) is 4.99 Å². The molecule has 0 amide bonds. The zero-order chi connectivity index (χ0) is 5.82. The van der Waals surface area contributed by atoms with Gasteiger partial charge >= 0.3 is 0 Å². The molecule has 0 aromatic rings. The number of hydrogen-bond acceptors (Lipinski definition) is 4. The summed E-state index contributed by atoms with van der Waals surface area (Å²) >= 11 is 6.00. The van der Waals surface area contributed by atoms with E-state index in [9.17, 15) is 0 Å². The highest BCUT2D eigenvalue weighted by Gasteiger charge is 2.02. The molecule has 0 spiro atoms. The summed E-state index contributed by atoms with van der Waals surface area (Å²) in [6, 6.07) is 0. The van der Waals surface area contributed by atoms with E-state index in [1.807, 2.05) is 0 Å². The monoisotopic (exact) mass is 144 g/mol. The lowest BCUT2D eigenvalue weighted by Gasteiger charge is -1.78. The molecule has 0 radical (unpaired) electrons. The second kappa shape index (κ2) is 2.97. The SMILES string of the molecule is S=C=NC1=NCCS1. The van der Waals surface area contributed by atoms with Gasteiger partial charge in [-0.25, -0.2) is 0 Å². The second-order valence-electron chi connectivity index (χ2n) is 1.22. The predicted molar refractivity (Wildman–Crippen MR) is 39.8 cm³/mol. The van der Waals surface area contributed by atoms with Crippen LogP contribution in [0, 0.1) is 0 Å². The summed E-state index contributed by atoms with van der Waals surface area (Å²) in [5, 5.41) is 3.04. The van der Waals surface area contributed by atoms with Crippen molar-refractivity contribution < 1.29 is 0 Å². The summed E-state index contributed by atoms with van der Waals surface area (Å²) in [5.41, 5.74) is 0. The smallest absolute Gasteiger partial charge is 0.192 e. The van der Waals surface area contributed by atoms with Crippen LogP contribution in [0.4, 0.5) is 0 Å². The van der Waals surface area contributed by atoms with Crippen LogP contribution in [0.1, 0.15) is 0 Å². The van der Waals surface area contributed by atoms with Gasteiger partial charge in [0.05, 0.1) is 11.7 Å². The fourth-order valence-corrected chi connectivity index (χ4v) is 1.23. The Morgan fingerprint density at radius 2 is 2.75 bits per heavy atom. The number of nitrogens with zero attached hydrogens (tertiary/aromatic N) is 2. The van der Waals surface area contributed by atoms with E-state index in [1.54, 1.807) is 11.8 Å². The fraction of sp³-hybridized carbons (Fsp3) is 0.500. The van der Waals surface area contributed by atoms with Gasteiger partial charge < -0.3 is 0 Å². The lowest BCUT2D eigenvalue weighted by Crippen LogP contribution is -1.75. The van der Waals surface area contributed by atoms with E-state index >= 15 is 0 Å². The first-order chi connectivity index (χ1) is 3.93. The summed E-state index contributed by atoms with van der Waals surface area (Å²) in [6.07, 6.45) is 0. The van der Waals surface area contributed by atoms with E-state index in [0.29, 0.717) is 0 Å². The maximum atomic E-state index is 4.38. The van der Waals surface area contributed by atoms with E-state index in [4.69, 9.17) is 0 Å². The van der Waals surface area contributed by atoms with Crippen molar-refractivity contribution in [2.45, 2.75) is 0 Å². The minimum absolute atomic E-state index is 0.778. The Hall–Kier alpha value is -0.180. The van der Waals surface area contributed by atoms with E-state index in [0.717, 1.165) is 17.5 Å². The quantitative estimate of drug-likeness (QED) is 0.377.